The average molecular weight is 458 g/mol. The van der Waals surface area contributed by atoms with E-state index < -0.39 is 10.0 Å². The van der Waals surface area contributed by atoms with E-state index in [1.54, 1.807) is 18.2 Å². The maximum atomic E-state index is 12.6. The molecule has 0 aliphatic carbocycles. The number of carbonyl (C=O) groups excluding carboxylic acids is 1. The monoisotopic (exact) mass is 457 g/mol. The number of morpholine rings is 1. The Bertz CT molecular complexity index is 979. The molecule has 1 aliphatic rings. The predicted molar refractivity (Wildman–Crippen MR) is 113 cm³/mol. The second-order valence-corrected chi connectivity index (χ2v) is 8.97. The quantitative estimate of drug-likeness (QED) is 0.667. The minimum absolute atomic E-state index is 0.0211. The normalized spacial score (nSPS) is 15.1. The number of amides is 1. The summed E-state index contributed by atoms with van der Waals surface area (Å²) >= 11 is 11.7. The van der Waals surface area contributed by atoms with Gasteiger partial charge in [-0.1, -0.05) is 29.3 Å². The topological polar surface area (TPSA) is 87.7 Å². The van der Waals surface area contributed by atoms with Gasteiger partial charge in [0.25, 0.3) is 15.9 Å². The number of carbonyl (C=O) groups is 1. The Labute approximate surface area is 180 Å². The number of sulfonamides is 1. The highest BCUT2D eigenvalue weighted by atomic mass is 35.5. The molecule has 3 rings (SSSR count). The number of nitrogens with zero attached hydrogens (tertiary/aromatic N) is 1. The van der Waals surface area contributed by atoms with Crippen molar-refractivity contribution in [2.75, 3.05) is 44.1 Å². The largest absolute Gasteiger partial charge is 0.379 e. The lowest BCUT2D eigenvalue weighted by atomic mass is 10.2. The highest BCUT2D eigenvalue weighted by Gasteiger charge is 2.17. The first-order valence-corrected chi connectivity index (χ1v) is 11.3. The first-order chi connectivity index (χ1) is 13.8. The van der Waals surface area contributed by atoms with Crippen LogP contribution in [0, 0.1) is 0 Å². The molecule has 2 N–H and O–H groups in total. The molecular formula is C19H21Cl2N3O4S. The van der Waals surface area contributed by atoms with Crippen LogP contribution < -0.4 is 10.0 Å². The van der Waals surface area contributed by atoms with Gasteiger partial charge < -0.3 is 10.1 Å². The average Bonchev–Trinajstić information content (AvgIpc) is 2.70. The van der Waals surface area contributed by atoms with Crippen LogP contribution in [0.5, 0.6) is 0 Å². The van der Waals surface area contributed by atoms with Crippen molar-refractivity contribution in [1.29, 1.82) is 0 Å². The molecule has 0 bridgehead atoms. The molecule has 10 heteroatoms. The summed E-state index contributed by atoms with van der Waals surface area (Å²) in [4.78, 5) is 14.6. The van der Waals surface area contributed by atoms with E-state index in [-0.39, 0.29) is 26.5 Å². The standard InChI is InChI=1S/C19H21Cl2N3O4S/c20-17-5-4-16(13-18(17)21)29(26,27)23-15-3-1-2-14(12-15)19(25)22-6-7-24-8-10-28-11-9-24/h1-5,12-13,23H,6-11H2,(H,22,25). The van der Waals surface area contributed by atoms with E-state index >= 15 is 0 Å². The van der Waals surface area contributed by atoms with Gasteiger partial charge in [-0.3, -0.25) is 14.4 Å². The minimum Gasteiger partial charge on any atom is -0.379 e. The van der Waals surface area contributed by atoms with Crippen LogP contribution in [0.2, 0.25) is 10.0 Å². The maximum Gasteiger partial charge on any atom is 0.261 e. The number of hydrogen-bond acceptors (Lipinski definition) is 5. The van der Waals surface area contributed by atoms with E-state index in [0.29, 0.717) is 25.3 Å². The van der Waals surface area contributed by atoms with Crippen molar-refractivity contribution in [3.8, 4) is 0 Å². The fourth-order valence-corrected chi connectivity index (χ4v) is 4.27. The Kier molecular flexibility index (Phi) is 7.37. The third-order valence-corrected chi connectivity index (χ3v) is 6.51. The summed E-state index contributed by atoms with van der Waals surface area (Å²) in [6.07, 6.45) is 0. The van der Waals surface area contributed by atoms with Crippen LogP contribution in [0.15, 0.2) is 47.4 Å². The van der Waals surface area contributed by atoms with Gasteiger partial charge in [0, 0.05) is 37.4 Å². The van der Waals surface area contributed by atoms with Crippen LogP contribution in [0.1, 0.15) is 10.4 Å². The first kappa shape index (κ1) is 21.9. The van der Waals surface area contributed by atoms with Crippen molar-refractivity contribution in [3.05, 3.63) is 58.1 Å². The summed E-state index contributed by atoms with van der Waals surface area (Å²) in [7, 11) is -3.87. The van der Waals surface area contributed by atoms with Crippen molar-refractivity contribution >= 4 is 44.8 Å². The highest BCUT2D eigenvalue weighted by Crippen LogP contribution is 2.26. The van der Waals surface area contributed by atoms with Crippen LogP contribution in [0.4, 0.5) is 5.69 Å². The van der Waals surface area contributed by atoms with E-state index in [4.69, 9.17) is 27.9 Å². The predicted octanol–water partition coefficient (Wildman–Crippen LogP) is 2.86. The SMILES string of the molecule is O=C(NCCN1CCOCC1)c1cccc(NS(=O)(=O)c2ccc(Cl)c(Cl)c2)c1. The molecule has 0 aromatic heterocycles. The molecule has 1 aliphatic heterocycles. The van der Waals surface area contributed by atoms with Crippen LogP contribution in [0.3, 0.4) is 0 Å². The molecule has 0 atom stereocenters. The van der Waals surface area contributed by atoms with Crippen molar-refractivity contribution in [2.45, 2.75) is 4.90 Å². The Morgan fingerprint density at radius 1 is 1.07 bits per heavy atom. The lowest BCUT2D eigenvalue weighted by Crippen LogP contribution is -2.41. The zero-order chi connectivity index (χ0) is 20.9. The summed E-state index contributed by atoms with van der Waals surface area (Å²) in [5.74, 6) is -0.270. The van der Waals surface area contributed by atoms with Crippen LogP contribution in [-0.2, 0) is 14.8 Å². The fourth-order valence-electron chi connectivity index (χ4n) is 2.84. The highest BCUT2D eigenvalue weighted by molar-refractivity contribution is 7.92. The van der Waals surface area contributed by atoms with Crippen LogP contribution in [0.25, 0.3) is 0 Å². The number of hydrogen-bond donors (Lipinski definition) is 2. The first-order valence-electron chi connectivity index (χ1n) is 9.01. The van der Waals surface area contributed by atoms with Gasteiger partial charge in [0.15, 0.2) is 0 Å². The number of nitrogens with one attached hydrogen (secondary N) is 2. The number of ether oxygens (including phenoxy) is 1. The zero-order valence-electron chi connectivity index (χ0n) is 15.5. The molecule has 0 radical (unpaired) electrons. The molecule has 29 heavy (non-hydrogen) atoms. The number of anilines is 1. The number of benzene rings is 2. The van der Waals surface area contributed by atoms with Gasteiger partial charge in [-0.2, -0.15) is 0 Å². The Morgan fingerprint density at radius 2 is 1.83 bits per heavy atom. The Hall–Kier alpha value is -1.84. The third kappa shape index (κ3) is 6.07. The number of halogens is 2. The maximum absolute atomic E-state index is 12.6. The molecule has 0 unspecified atom stereocenters. The molecule has 2 aromatic carbocycles. The summed E-state index contributed by atoms with van der Waals surface area (Å²) < 4.78 is 32.9. The fraction of sp³-hybridized carbons (Fsp3) is 0.316. The smallest absolute Gasteiger partial charge is 0.261 e. The molecule has 1 amide bonds. The molecule has 0 spiro atoms. The van der Waals surface area contributed by atoms with Crippen LogP contribution in [-0.4, -0.2) is 58.6 Å². The van der Waals surface area contributed by atoms with E-state index in [1.165, 1.54) is 24.3 Å². The molecule has 1 saturated heterocycles. The zero-order valence-corrected chi connectivity index (χ0v) is 17.9. The van der Waals surface area contributed by atoms with E-state index in [1.807, 2.05) is 0 Å². The van der Waals surface area contributed by atoms with Gasteiger partial charge in [-0.25, -0.2) is 8.42 Å². The van der Waals surface area contributed by atoms with Crippen molar-refractivity contribution in [3.63, 3.8) is 0 Å². The molecule has 156 valence electrons. The molecule has 0 saturated carbocycles. The summed E-state index contributed by atoms with van der Waals surface area (Å²) in [5, 5.41) is 3.26. The van der Waals surface area contributed by atoms with Crippen molar-refractivity contribution < 1.29 is 17.9 Å². The second kappa shape index (κ2) is 9.77. The van der Waals surface area contributed by atoms with Gasteiger partial charge in [0.05, 0.1) is 28.2 Å². The van der Waals surface area contributed by atoms with E-state index in [9.17, 15) is 13.2 Å². The van der Waals surface area contributed by atoms with Crippen LogP contribution >= 0.6 is 23.2 Å². The summed E-state index contributed by atoms with van der Waals surface area (Å²) in [6, 6.07) is 10.3. The van der Waals surface area contributed by atoms with Gasteiger partial charge >= 0.3 is 0 Å². The minimum atomic E-state index is -3.87. The molecule has 7 nitrogen and oxygen atoms in total. The van der Waals surface area contributed by atoms with Gasteiger partial charge in [-0.05, 0) is 36.4 Å². The molecular weight excluding hydrogens is 437 g/mol. The molecule has 1 fully saturated rings. The second-order valence-electron chi connectivity index (χ2n) is 6.47. The number of rotatable bonds is 7. The van der Waals surface area contributed by atoms with Gasteiger partial charge in [0.2, 0.25) is 0 Å². The lowest BCUT2D eigenvalue weighted by Gasteiger charge is -2.26. The van der Waals surface area contributed by atoms with Crippen molar-refractivity contribution in [1.82, 2.24) is 10.2 Å². The Morgan fingerprint density at radius 3 is 2.55 bits per heavy atom. The third-order valence-electron chi connectivity index (χ3n) is 4.40. The van der Waals surface area contributed by atoms with E-state index in [0.717, 1.165) is 19.6 Å². The lowest BCUT2D eigenvalue weighted by molar-refractivity contribution is 0.0383. The summed E-state index contributed by atoms with van der Waals surface area (Å²) in [5.41, 5.74) is 0.637. The molecule has 2 aromatic rings. The van der Waals surface area contributed by atoms with E-state index in [2.05, 4.69) is 14.9 Å². The van der Waals surface area contributed by atoms with Gasteiger partial charge in [0.1, 0.15) is 0 Å². The molecule has 1 heterocycles. The summed E-state index contributed by atoms with van der Waals surface area (Å²) in [6.45, 7) is 4.34. The van der Waals surface area contributed by atoms with Gasteiger partial charge in [-0.15, -0.1) is 0 Å². The Balaban J connectivity index is 1.62. The van der Waals surface area contributed by atoms with Crippen molar-refractivity contribution in [2.24, 2.45) is 0 Å².